The second-order valence-corrected chi connectivity index (χ2v) is 8.00. The molecule has 4 rings (SSSR count). The molecule has 146 valence electrons. The molecule has 2 N–H and O–H groups in total. The van der Waals surface area contributed by atoms with Gasteiger partial charge in [-0.1, -0.05) is 17.7 Å². The van der Waals surface area contributed by atoms with Gasteiger partial charge >= 0.3 is 0 Å². The van der Waals surface area contributed by atoms with Crippen molar-refractivity contribution in [3.8, 4) is 0 Å². The van der Waals surface area contributed by atoms with Crippen LogP contribution in [0.25, 0.3) is 11.0 Å². The third-order valence-electron chi connectivity index (χ3n) is 4.68. The SMILES string of the molecule is Cc1ccc(SCC(=O)Nc2ccc3nc(CN4CCOCC4)[nH]c3c2)cc1. The van der Waals surface area contributed by atoms with E-state index in [1.54, 1.807) is 0 Å². The Morgan fingerprint density at radius 2 is 2.00 bits per heavy atom. The number of aryl methyl sites for hydroxylation is 1. The van der Waals surface area contributed by atoms with Crippen molar-refractivity contribution in [2.24, 2.45) is 0 Å². The number of H-pyrrole nitrogens is 1. The minimum absolute atomic E-state index is 0.0158. The summed E-state index contributed by atoms with van der Waals surface area (Å²) in [5, 5.41) is 2.97. The molecule has 2 aromatic carbocycles. The number of carbonyl (C=O) groups is 1. The summed E-state index contributed by atoms with van der Waals surface area (Å²) < 4.78 is 5.39. The zero-order chi connectivity index (χ0) is 19.3. The van der Waals surface area contributed by atoms with E-state index in [1.807, 2.05) is 30.3 Å². The highest BCUT2D eigenvalue weighted by molar-refractivity contribution is 8.00. The maximum atomic E-state index is 12.3. The number of imidazole rings is 1. The lowest BCUT2D eigenvalue weighted by atomic mass is 10.2. The van der Waals surface area contributed by atoms with Crippen molar-refractivity contribution >= 4 is 34.4 Å². The van der Waals surface area contributed by atoms with E-state index < -0.39 is 0 Å². The standard InChI is InChI=1S/C21H24N4O2S/c1-15-2-5-17(6-3-15)28-14-21(26)22-16-4-7-18-19(12-16)24-20(23-18)13-25-8-10-27-11-9-25/h2-7,12H,8-11,13-14H2,1H3,(H,22,26)(H,23,24). The lowest BCUT2D eigenvalue weighted by Crippen LogP contribution is -2.35. The molecular formula is C21H24N4O2S. The van der Waals surface area contributed by atoms with Gasteiger partial charge in [-0.05, 0) is 37.3 Å². The van der Waals surface area contributed by atoms with Crippen molar-refractivity contribution in [3.05, 3.63) is 53.9 Å². The summed E-state index contributed by atoms with van der Waals surface area (Å²) >= 11 is 1.54. The number of benzene rings is 2. The summed E-state index contributed by atoms with van der Waals surface area (Å²) in [5.74, 6) is 1.31. The number of anilines is 1. The number of nitrogens with one attached hydrogen (secondary N) is 2. The van der Waals surface area contributed by atoms with Crippen molar-refractivity contribution in [1.82, 2.24) is 14.9 Å². The Hall–Kier alpha value is -2.35. The number of nitrogens with zero attached hydrogens (tertiary/aromatic N) is 2. The number of rotatable bonds is 6. The molecule has 7 heteroatoms. The number of morpholine rings is 1. The van der Waals surface area contributed by atoms with E-state index in [0.717, 1.165) is 60.3 Å². The number of amides is 1. The van der Waals surface area contributed by atoms with Gasteiger partial charge < -0.3 is 15.0 Å². The van der Waals surface area contributed by atoms with Crippen LogP contribution in [0, 0.1) is 6.92 Å². The molecule has 0 saturated carbocycles. The third kappa shape index (κ3) is 4.92. The molecule has 3 aromatic rings. The summed E-state index contributed by atoms with van der Waals surface area (Å²) in [6, 6.07) is 14.0. The predicted octanol–water partition coefficient (Wildman–Crippen LogP) is 3.43. The second kappa shape index (κ2) is 8.77. The zero-order valence-corrected chi connectivity index (χ0v) is 16.7. The van der Waals surface area contributed by atoms with Crippen molar-refractivity contribution in [2.45, 2.75) is 18.4 Å². The zero-order valence-electron chi connectivity index (χ0n) is 15.9. The van der Waals surface area contributed by atoms with E-state index in [9.17, 15) is 4.79 Å². The highest BCUT2D eigenvalue weighted by Crippen LogP contribution is 2.21. The first kappa shape index (κ1) is 19.0. The molecule has 1 aliphatic rings. The van der Waals surface area contributed by atoms with Crippen LogP contribution >= 0.6 is 11.8 Å². The van der Waals surface area contributed by atoms with Crippen LogP contribution < -0.4 is 5.32 Å². The molecule has 6 nitrogen and oxygen atoms in total. The van der Waals surface area contributed by atoms with Gasteiger partial charge in [0.15, 0.2) is 0 Å². The van der Waals surface area contributed by atoms with Gasteiger partial charge in [0.1, 0.15) is 5.82 Å². The van der Waals surface area contributed by atoms with E-state index in [2.05, 4.69) is 39.2 Å². The van der Waals surface area contributed by atoms with E-state index in [0.29, 0.717) is 5.75 Å². The second-order valence-electron chi connectivity index (χ2n) is 6.95. The Kier molecular flexibility index (Phi) is 5.95. The molecule has 0 spiro atoms. The van der Waals surface area contributed by atoms with Crippen molar-refractivity contribution < 1.29 is 9.53 Å². The van der Waals surface area contributed by atoms with Gasteiger partial charge in [-0.3, -0.25) is 9.69 Å². The fraction of sp³-hybridized carbons (Fsp3) is 0.333. The first-order chi connectivity index (χ1) is 13.7. The van der Waals surface area contributed by atoms with Crippen LogP contribution in [-0.2, 0) is 16.1 Å². The maximum absolute atomic E-state index is 12.3. The first-order valence-corrected chi connectivity index (χ1v) is 10.4. The minimum Gasteiger partial charge on any atom is -0.379 e. The van der Waals surface area contributed by atoms with Crippen molar-refractivity contribution in [2.75, 3.05) is 37.4 Å². The van der Waals surface area contributed by atoms with Crippen LogP contribution in [0.5, 0.6) is 0 Å². The van der Waals surface area contributed by atoms with Crippen LogP contribution in [0.1, 0.15) is 11.4 Å². The van der Waals surface area contributed by atoms with Crippen LogP contribution in [0.3, 0.4) is 0 Å². The monoisotopic (exact) mass is 396 g/mol. The van der Waals surface area contributed by atoms with Gasteiger partial charge in [-0.15, -0.1) is 11.8 Å². The Labute approximate surface area is 168 Å². The molecule has 1 aromatic heterocycles. The number of carbonyl (C=O) groups excluding carboxylic acids is 1. The number of ether oxygens (including phenoxy) is 1. The number of aromatic nitrogens is 2. The Morgan fingerprint density at radius 1 is 1.21 bits per heavy atom. The third-order valence-corrected chi connectivity index (χ3v) is 5.69. The van der Waals surface area contributed by atoms with E-state index in [-0.39, 0.29) is 5.91 Å². The van der Waals surface area contributed by atoms with E-state index in [4.69, 9.17) is 4.74 Å². The molecule has 28 heavy (non-hydrogen) atoms. The molecule has 2 heterocycles. The van der Waals surface area contributed by atoms with Crippen molar-refractivity contribution in [3.63, 3.8) is 0 Å². The molecule has 1 aliphatic heterocycles. The van der Waals surface area contributed by atoms with Gasteiger partial charge in [0.05, 0.1) is 36.5 Å². The van der Waals surface area contributed by atoms with Crippen LogP contribution in [0.15, 0.2) is 47.4 Å². The molecule has 0 atom stereocenters. The largest absolute Gasteiger partial charge is 0.379 e. The lowest BCUT2D eigenvalue weighted by molar-refractivity contribution is -0.113. The Bertz CT molecular complexity index is 949. The highest BCUT2D eigenvalue weighted by Gasteiger charge is 2.13. The van der Waals surface area contributed by atoms with Crippen LogP contribution in [-0.4, -0.2) is 52.8 Å². The molecule has 0 aliphatic carbocycles. The summed E-state index contributed by atoms with van der Waals surface area (Å²) in [6.07, 6.45) is 0. The number of hydrogen-bond acceptors (Lipinski definition) is 5. The minimum atomic E-state index is -0.0158. The number of fused-ring (bicyclic) bond motifs is 1. The molecule has 0 bridgehead atoms. The average molecular weight is 397 g/mol. The highest BCUT2D eigenvalue weighted by atomic mass is 32.2. The summed E-state index contributed by atoms with van der Waals surface area (Å²) in [4.78, 5) is 23.7. The van der Waals surface area contributed by atoms with Gasteiger partial charge in [-0.2, -0.15) is 0 Å². The summed E-state index contributed by atoms with van der Waals surface area (Å²) in [7, 11) is 0. The molecule has 1 fully saturated rings. The summed E-state index contributed by atoms with van der Waals surface area (Å²) in [6.45, 7) is 6.24. The first-order valence-electron chi connectivity index (χ1n) is 9.44. The smallest absolute Gasteiger partial charge is 0.234 e. The quantitative estimate of drug-likeness (QED) is 0.625. The topological polar surface area (TPSA) is 70.2 Å². The van der Waals surface area contributed by atoms with E-state index >= 15 is 0 Å². The molecule has 0 unspecified atom stereocenters. The van der Waals surface area contributed by atoms with Gasteiger partial charge in [0.25, 0.3) is 0 Å². The maximum Gasteiger partial charge on any atom is 0.234 e. The normalized spacial score (nSPS) is 15.0. The van der Waals surface area contributed by atoms with Crippen LogP contribution in [0.4, 0.5) is 5.69 Å². The van der Waals surface area contributed by atoms with Crippen LogP contribution in [0.2, 0.25) is 0 Å². The number of hydrogen-bond donors (Lipinski definition) is 2. The van der Waals surface area contributed by atoms with Gasteiger partial charge in [0, 0.05) is 23.7 Å². The van der Waals surface area contributed by atoms with Gasteiger partial charge in [-0.25, -0.2) is 4.98 Å². The number of thioether (sulfide) groups is 1. The fourth-order valence-corrected chi connectivity index (χ4v) is 3.87. The Morgan fingerprint density at radius 3 is 2.79 bits per heavy atom. The summed E-state index contributed by atoms with van der Waals surface area (Å²) in [5.41, 5.74) is 3.85. The molecular weight excluding hydrogens is 372 g/mol. The van der Waals surface area contributed by atoms with Crippen molar-refractivity contribution in [1.29, 1.82) is 0 Å². The Balaban J connectivity index is 1.35. The average Bonchev–Trinajstić information content (AvgIpc) is 3.10. The van der Waals surface area contributed by atoms with Gasteiger partial charge in [0.2, 0.25) is 5.91 Å². The number of aromatic amines is 1. The van der Waals surface area contributed by atoms with E-state index in [1.165, 1.54) is 17.3 Å². The predicted molar refractivity (Wildman–Crippen MR) is 113 cm³/mol. The molecule has 0 radical (unpaired) electrons. The fourth-order valence-electron chi connectivity index (χ4n) is 3.17. The lowest BCUT2D eigenvalue weighted by Gasteiger charge is -2.25. The molecule has 1 amide bonds. The molecule has 1 saturated heterocycles.